The third-order valence-electron chi connectivity index (χ3n) is 4.13. The summed E-state index contributed by atoms with van der Waals surface area (Å²) < 4.78 is 21.0. The Hall–Kier alpha value is -3.22. The molecular formula is C20H21NO6. The predicted octanol–water partition coefficient (Wildman–Crippen LogP) is 2.59. The number of ether oxygens (including phenoxy) is 4. The maximum atomic E-state index is 12.4. The van der Waals surface area contributed by atoms with E-state index in [1.165, 1.54) is 14.0 Å². The number of methoxy groups -OCH3 is 1. The molecule has 1 aliphatic heterocycles. The Balaban J connectivity index is 1.57. The standard InChI is InChI=1S/C20H21NO6/c1-12-4-6-16(24-3)15(8-12)20(23)27-13(2)19(22)21-10-14-5-7-17-18(9-14)26-11-25-17/h4-9,13H,10-11H2,1-3H3,(H,21,22)/t13-/m0/s1. The molecule has 0 radical (unpaired) electrons. The van der Waals surface area contributed by atoms with Crippen molar-refractivity contribution >= 4 is 11.9 Å². The van der Waals surface area contributed by atoms with Crippen LogP contribution in [0.2, 0.25) is 0 Å². The number of carbonyl (C=O) groups is 2. The van der Waals surface area contributed by atoms with Gasteiger partial charge in [-0.3, -0.25) is 4.79 Å². The molecule has 142 valence electrons. The van der Waals surface area contributed by atoms with E-state index in [1.54, 1.807) is 24.3 Å². The minimum Gasteiger partial charge on any atom is -0.496 e. The first-order valence-electron chi connectivity index (χ1n) is 8.50. The molecule has 1 heterocycles. The Morgan fingerprint density at radius 1 is 1.15 bits per heavy atom. The van der Waals surface area contributed by atoms with E-state index in [0.29, 0.717) is 17.2 Å². The van der Waals surface area contributed by atoms with Gasteiger partial charge in [0.25, 0.3) is 5.91 Å². The summed E-state index contributed by atoms with van der Waals surface area (Å²) in [4.78, 5) is 24.6. The van der Waals surface area contributed by atoms with Crippen LogP contribution in [0.15, 0.2) is 36.4 Å². The third kappa shape index (κ3) is 4.31. The van der Waals surface area contributed by atoms with Gasteiger partial charge in [-0.05, 0) is 43.7 Å². The van der Waals surface area contributed by atoms with Gasteiger partial charge in [-0.2, -0.15) is 0 Å². The van der Waals surface area contributed by atoms with E-state index in [0.717, 1.165) is 11.1 Å². The second-order valence-electron chi connectivity index (χ2n) is 6.16. The highest BCUT2D eigenvalue weighted by molar-refractivity contribution is 5.94. The van der Waals surface area contributed by atoms with E-state index in [2.05, 4.69) is 5.32 Å². The van der Waals surface area contributed by atoms with Crippen molar-refractivity contribution in [1.82, 2.24) is 5.32 Å². The molecule has 1 N–H and O–H groups in total. The summed E-state index contributed by atoms with van der Waals surface area (Å²) in [7, 11) is 1.48. The first-order chi connectivity index (χ1) is 13.0. The molecule has 7 nitrogen and oxygen atoms in total. The summed E-state index contributed by atoms with van der Waals surface area (Å²) in [6.45, 7) is 3.86. The minimum absolute atomic E-state index is 0.195. The molecule has 1 atom stereocenters. The normalized spacial score (nSPS) is 13.0. The van der Waals surface area contributed by atoms with Gasteiger partial charge in [-0.25, -0.2) is 4.79 Å². The summed E-state index contributed by atoms with van der Waals surface area (Å²) in [6.07, 6.45) is -0.947. The molecule has 1 amide bonds. The molecule has 0 fully saturated rings. The summed E-state index contributed by atoms with van der Waals surface area (Å²) in [5.74, 6) is 0.722. The molecule has 0 aromatic heterocycles. The van der Waals surface area contributed by atoms with Crippen molar-refractivity contribution in [1.29, 1.82) is 0 Å². The second kappa shape index (κ2) is 7.99. The maximum absolute atomic E-state index is 12.4. The largest absolute Gasteiger partial charge is 0.496 e. The van der Waals surface area contributed by atoms with Gasteiger partial charge in [0.05, 0.1) is 7.11 Å². The second-order valence-corrected chi connectivity index (χ2v) is 6.16. The molecule has 2 aromatic rings. The van der Waals surface area contributed by atoms with Crippen LogP contribution < -0.4 is 19.5 Å². The molecule has 0 spiro atoms. The van der Waals surface area contributed by atoms with Gasteiger partial charge >= 0.3 is 5.97 Å². The molecular weight excluding hydrogens is 350 g/mol. The van der Waals surface area contributed by atoms with Crippen molar-refractivity contribution in [2.75, 3.05) is 13.9 Å². The number of hydrogen-bond donors (Lipinski definition) is 1. The Morgan fingerprint density at radius 2 is 1.93 bits per heavy atom. The molecule has 3 rings (SSSR count). The van der Waals surface area contributed by atoms with Crippen LogP contribution in [-0.4, -0.2) is 31.9 Å². The van der Waals surface area contributed by atoms with Crippen molar-refractivity contribution in [2.24, 2.45) is 0 Å². The molecule has 0 bridgehead atoms. The summed E-state index contributed by atoms with van der Waals surface area (Å²) in [6, 6.07) is 10.6. The molecule has 0 unspecified atom stereocenters. The molecule has 0 saturated carbocycles. The summed E-state index contributed by atoms with van der Waals surface area (Å²) >= 11 is 0. The zero-order valence-corrected chi connectivity index (χ0v) is 15.4. The van der Waals surface area contributed by atoms with Gasteiger partial charge in [-0.1, -0.05) is 17.7 Å². The van der Waals surface area contributed by atoms with Crippen LogP contribution in [0.25, 0.3) is 0 Å². The van der Waals surface area contributed by atoms with Crippen LogP contribution >= 0.6 is 0 Å². The van der Waals surface area contributed by atoms with Crippen molar-refractivity contribution in [3.05, 3.63) is 53.1 Å². The van der Waals surface area contributed by atoms with E-state index in [9.17, 15) is 9.59 Å². The number of carbonyl (C=O) groups excluding carboxylic acids is 2. The lowest BCUT2D eigenvalue weighted by molar-refractivity contribution is -0.129. The lowest BCUT2D eigenvalue weighted by atomic mass is 10.1. The Labute approximate surface area is 157 Å². The van der Waals surface area contributed by atoms with E-state index in [1.807, 2.05) is 19.1 Å². The number of esters is 1. The van der Waals surface area contributed by atoms with Gasteiger partial charge in [0.1, 0.15) is 11.3 Å². The monoisotopic (exact) mass is 371 g/mol. The quantitative estimate of drug-likeness (QED) is 0.786. The highest BCUT2D eigenvalue weighted by atomic mass is 16.7. The molecule has 1 aliphatic rings. The molecule has 2 aromatic carbocycles. The fraction of sp³-hybridized carbons (Fsp3) is 0.300. The van der Waals surface area contributed by atoms with Crippen LogP contribution in [0.3, 0.4) is 0 Å². The number of benzene rings is 2. The number of nitrogens with one attached hydrogen (secondary N) is 1. The zero-order chi connectivity index (χ0) is 19.4. The average Bonchev–Trinajstić information content (AvgIpc) is 3.13. The number of hydrogen-bond acceptors (Lipinski definition) is 6. The van der Waals surface area contributed by atoms with Gasteiger partial charge in [0.15, 0.2) is 17.6 Å². The zero-order valence-electron chi connectivity index (χ0n) is 15.4. The lowest BCUT2D eigenvalue weighted by Crippen LogP contribution is -2.35. The van der Waals surface area contributed by atoms with Crippen LogP contribution in [0.5, 0.6) is 17.2 Å². The number of amides is 1. The highest BCUT2D eigenvalue weighted by Gasteiger charge is 2.21. The summed E-state index contributed by atoms with van der Waals surface area (Å²) in [5, 5.41) is 2.74. The van der Waals surface area contributed by atoms with Crippen molar-refractivity contribution in [3.63, 3.8) is 0 Å². The Bertz CT molecular complexity index is 864. The van der Waals surface area contributed by atoms with Crippen LogP contribution in [0, 0.1) is 6.92 Å². The Morgan fingerprint density at radius 3 is 2.70 bits per heavy atom. The summed E-state index contributed by atoms with van der Waals surface area (Å²) in [5.41, 5.74) is 2.03. The fourth-order valence-corrected chi connectivity index (χ4v) is 2.64. The van der Waals surface area contributed by atoms with E-state index in [-0.39, 0.29) is 18.9 Å². The molecule has 0 saturated heterocycles. The highest BCUT2D eigenvalue weighted by Crippen LogP contribution is 2.32. The van der Waals surface area contributed by atoms with Gasteiger partial charge < -0.3 is 24.3 Å². The van der Waals surface area contributed by atoms with Gasteiger partial charge in [-0.15, -0.1) is 0 Å². The topological polar surface area (TPSA) is 83.1 Å². The number of rotatable bonds is 6. The SMILES string of the molecule is COc1ccc(C)cc1C(=O)O[C@@H](C)C(=O)NCc1ccc2c(c1)OCO2. The first kappa shape index (κ1) is 18.6. The maximum Gasteiger partial charge on any atom is 0.342 e. The Kier molecular flexibility index (Phi) is 5.49. The molecule has 27 heavy (non-hydrogen) atoms. The van der Waals surface area contributed by atoms with Crippen LogP contribution in [-0.2, 0) is 16.1 Å². The average molecular weight is 371 g/mol. The fourth-order valence-electron chi connectivity index (χ4n) is 2.64. The predicted molar refractivity (Wildman–Crippen MR) is 97.0 cm³/mol. The van der Waals surface area contributed by atoms with Crippen molar-refractivity contribution < 1.29 is 28.5 Å². The van der Waals surface area contributed by atoms with Crippen LogP contribution in [0.4, 0.5) is 0 Å². The van der Waals surface area contributed by atoms with Gasteiger partial charge in [0.2, 0.25) is 6.79 Å². The minimum atomic E-state index is -0.947. The van der Waals surface area contributed by atoms with E-state index in [4.69, 9.17) is 18.9 Å². The smallest absolute Gasteiger partial charge is 0.342 e. The number of aryl methyl sites for hydroxylation is 1. The lowest BCUT2D eigenvalue weighted by Gasteiger charge is -2.15. The van der Waals surface area contributed by atoms with E-state index >= 15 is 0 Å². The molecule has 7 heteroatoms. The van der Waals surface area contributed by atoms with E-state index < -0.39 is 18.0 Å². The van der Waals surface area contributed by atoms with Gasteiger partial charge in [0, 0.05) is 6.54 Å². The third-order valence-corrected chi connectivity index (χ3v) is 4.13. The van der Waals surface area contributed by atoms with Crippen molar-refractivity contribution in [3.8, 4) is 17.2 Å². The first-order valence-corrected chi connectivity index (χ1v) is 8.50. The molecule has 0 aliphatic carbocycles. The number of fused-ring (bicyclic) bond motifs is 1. The van der Waals surface area contributed by atoms with Crippen LogP contribution in [0.1, 0.15) is 28.4 Å². The van der Waals surface area contributed by atoms with Crippen molar-refractivity contribution in [2.45, 2.75) is 26.5 Å².